The van der Waals surface area contributed by atoms with E-state index >= 15 is 0 Å². The number of hydrogen-bond donors (Lipinski definition) is 1. The van der Waals surface area contributed by atoms with Gasteiger partial charge in [-0.1, -0.05) is 36.6 Å². The van der Waals surface area contributed by atoms with Gasteiger partial charge in [-0.2, -0.15) is 0 Å². The highest BCUT2D eigenvalue weighted by molar-refractivity contribution is 6.50. The smallest absolute Gasteiger partial charge is 0.233 e. The first kappa shape index (κ1) is 19.1. The van der Waals surface area contributed by atoms with Crippen LogP contribution in [-0.2, 0) is 9.59 Å². The first-order valence-corrected chi connectivity index (χ1v) is 7.98. The van der Waals surface area contributed by atoms with Gasteiger partial charge in [-0.3, -0.25) is 9.59 Å². The molecule has 0 saturated carbocycles. The summed E-state index contributed by atoms with van der Waals surface area (Å²) in [5.74, 6) is -3.23. The minimum Gasteiger partial charge on any atom is -0.505 e. The molecule has 0 aliphatic heterocycles. The van der Waals surface area contributed by atoms with Crippen LogP contribution in [0.15, 0.2) is 46.0 Å². The third-order valence-corrected chi connectivity index (χ3v) is 3.76. The van der Waals surface area contributed by atoms with Gasteiger partial charge in [-0.25, -0.2) is 4.39 Å². The van der Waals surface area contributed by atoms with E-state index in [4.69, 9.17) is 0 Å². The van der Waals surface area contributed by atoms with Gasteiger partial charge >= 0.3 is 0 Å². The van der Waals surface area contributed by atoms with Gasteiger partial charge in [0, 0.05) is 5.57 Å². The van der Waals surface area contributed by atoms with Gasteiger partial charge in [0.1, 0.15) is 0 Å². The van der Waals surface area contributed by atoms with E-state index < -0.39 is 23.2 Å². The van der Waals surface area contributed by atoms with Crippen molar-refractivity contribution in [3.8, 4) is 0 Å². The SMILES string of the molecule is CCCC1=C(F)C(O)=C(C/C=C(\C)CCC=C(C)C)C(=O)C1=O. The van der Waals surface area contributed by atoms with Crippen molar-refractivity contribution < 1.29 is 19.1 Å². The molecule has 0 aromatic rings. The average Bonchev–Trinajstić information content (AvgIpc) is 2.49. The zero-order valence-corrected chi connectivity index (χ0v) is 14.3. The van der Waals surface area contributed by atoms with E-state index in [1.165, 1.54) is 5.57 Å². The van der Waals surface area contributed by atoms with Gasteiger partial charge < -0.3 is 5.11 Å². The summed E-state index contributed by atoms with van der Waals surface area (Å²) in [4.78, 5) is 24.0. The fourth-order valence-corrected chi connectivity index (χ4v) is 2.39. The zero-order chi connectivity index (χ0) is 17.6. The normalized spacial score (nSPS) is 16.3. The van der Waals surface area contributed by atoms with Crippen LogP contribution in [0.5, 0.6) is 0 Å². The van der Waals surface area contributed by atoms with Crippen LogP contribution < -0.4 is 0 Å². The number of aliphatic hydroxyl groups excluding tert-OH is 1. The van der Waals surface area contributed by atoms with Crippen LogP contribution in [0.2, 0.25) is 0 Å². The van der Waals surface area contributed by atoms with Gasteiger partial charge in [-0.05, 0) is 46.5 Å². The minimum absolute atomic E-state index is 0.0733. The molecule has 4 heteroatoms. The predicted octanol–water partition coefficient (Wildman–Crippen LogP) is 5.06. The zero-order valence-electron chi connectivity index (χ0n) is 14.3. The highest BCUT2D eigenvalue weighted by atomic mass is 19.1. The molecule has 23 heavy (non-hydrogen) atoms. The van der Waals surface area contributed by atoms with E-state index in [-0.39, 0.29) is 24.0 Å². The van der Waals surface area contributed by atoms with Crippen molar-refractivity contribution in [3.63, 3.8) is 0 Å². The molecule has 0 bridgehead atoms. The molecule has 0 aromatic heterocycles. The Balaban J connectivity index is 2.92. The van der Waals surface area contributed by atoms with E-state index in [9.17, 15) is 19.1 Å². The minimum atomic E-state index is -0.943. The van der Waals surface area contributed by atoms with Crippen molar-refractivity contribution >= 4 is 11.6 Å². The first-order chi connectivity index (χ1) is 10.8. The van der Waals surface area contributed by atoms with Gasteiger partial charge in [0.15, 0.2) is 11.6 Å². The Labute approximate surface area is 137 Å². The Morgan fingerprint density at radius 1 is 1.09 bits per heavy atom. The molecule has 3 nitrogen and oxygen atoms in total. The Kier molecular flexibility index (Phi) is 7.14. The molecule has 126 valence electrons. The monoisotopic (exact) mass is 320 g/mol. The van der Waals surface area contributed by atoms with Crippen LogP contribution in [-0.4, -0.2) is 16.7 Å². The van der Waals surface area contributed by atoms with Crippen molar-refractivity contribution in [2.24, 2.45) is 0 Å². The number of ketones is 2. The number of rotatable bonds is 7. The number of hydrogen-bond acceptors (Lipinski definition) is 3. The van der Waals surface area contributed by atoms with Crippen LogP contribution in [0.25, 0.3) is 0 Å². The van der Waals surface area contributed by atoms with Crippen molar-refractivity contribution in [1.82, 2.24) is 0 Å². The van der Waals surface area contributed by atoms with Crippen LogP contribution >= 0.6 is 0 Å². The topological polar surface area (TPSA) is 54.4 Å². The summed E-state index contributed by atoms with van der Waals surface area (Å²) >= 11 is 0. The maximum Gasteiger partial charge on any atom is 0.233 e. The molecule has 1 aliphatic rings. The summed E-state index contributed by atoms with van der Waals surface area (Å²) in [5.41, 5.74) is 1.92. The summed E-state index contributed by atoms with van der Waals surface area (Å²) in [6.45, 7) is 7.75. The molecule has 0 atom stereocenters. The quantitative estimate of drug-likeness (QED) is 0.405. The Hall–Kier alpha value is -1.97. The molecule has 1 aliphatic carbocycles. The number of halogens is 1. The third-order valence-electron chi connectivity index (χ3n) is 3.76. The Morgan fingerprint density at radius 2 is 1.70 bits per heavy atom. The van der Waals surface area contributed by atoms with Crippen LogP contribution in [0.3, 0.4) is 0 Å². The molecule has 1 rings (SSSR count). The van der Waals surface area contributed by atoms with E-state index in [0.29, 0.717) is 6.42 Å². The lowest BCUT2D eigenvalue weighted by atomic mass is 9.89. The van der Waals surface area contributed by atoms with Gasteiger partial charge in [0.05, 0.1) is 5.57 Å². The summed E-state index contributed by atoms with van der Waals surface area (Å²) in [6, 6.07) is 0. The van der Waals surface area contributed by atoms with Crippen molar-refractivity contribution in [3.05, 3.63) is 46.0 Å². The highest BCUT2D eigenvalue weighted by Gasteiger charge is 2.34. The number of carbonyl (C=O) groups is 2. The molecule has 0 radical (unpaired) electrons. The molecule has 0 unspecified atom stereocenters. The second kappa shape index (κ2) is 8.61. The number of carbonyl (C=O) groups excluding carboxylic acids is 2. The van der Waals surface area contributed by atoms with Crippen molar-refractivity contribution in [2.45, 2.75) is 59.8 Å². The fraction of sp³-hybridized carbons (Fsp3) is 0.474. The Bertz CT molecular complexity index is 615. The summed E-state index contributed by atoms with van der Waals surface area (Å²) in [7, 11) is 0. The largest absolute Gasteiger partial charge is 0.505 e. The number of aliphatic hydroxyl groups is 1. The molecular formula is C19H25FO3. The molecule has 0 amide bonds. The highest BCUT2D eigenvalue weighted by Crippen LogP contribution is 2.30. The molecule has 0 aromatic carbocycles. The first-order valence-electron chi connectivity index (χ1n) is 7.98. The lowest BCUT2D eigenvalue weighted by Crippen LogP contribution is -2.25. The molecule has 0 heterocycles. The second-order valence-electron chi connectivity index (χ2n) is 6.10. The predicted molar refractivity (Wildman–Crippen MR) is 89.7 cm³/mol. The second-order valence-corrected chi connectivity index (χ2v) is 6.10. The van der Waals surface area contributed by atoms with Gasteiger partial charge in [0.25, 0.3) is 0 Å². The summed E-state index contributed by atoms with van der Waals surface area (Å²) < 4.78 is 14.1. The summed E-state index contributed by atoms with van der Waals surface area (Å²) in [5, 5.41) is 9.92. The lowest BCUT2D eigenvalue weighted by molar-refractivity contribution is -0.132. The van der Waals surface area contributed by atoms with E-state index in [1.54, 1.807) is 13.0 Å². The van der Waals surface area contributed by atoms with Crippen molar-refractivity contribution in [1.29, 1.82) is 0 Å². The fourth-order valence-electron chi connectivity index (χ4n) is 2.39. The van der Waals surface area contributed by atoms with Crippen LogP contribution in [0.4, 0.5) is 4.39 Å². The van der Waals surface area contributed by atoms with Crippen LogP contribution in [0, 0.1) is 0 Å². The molecule has 0 spiro atoms. The lowest BCUT2D eigenvalue weighted by Gasteiger charge is -2.16. The Morgan fingerprint density at radius 3 is 2.26 bits per heavy atom. The van der Waals surface area contributed by atoms with Gasteiger partial charge in [-0.15, -0.1) is 0 Å². The maximum atomic E-state index is 14.1. The molecule has 0 fully saturated rings. The number of Topliss-reactive ketones (excluding diaryl/α,β-unsaturated/α-hetero) is 2. The number of allylic oxidation sites excluding steroid dienone is 7. The molecule has 0 saturated heterocycles. The average molecular weight is 320 g/mol. The van der Waals surface area contributed by atoms with E-state index in [2.05, 4.69) is 6.08 Å². The standard InChI is InChI=1S/C19H25FO3/c1-5-7-14-16(20)17(21)15(19(23)18(14)22)11-10-13(4)9-6-8-12(2)3/h8,10,21H,5-7,9,11H2,1-4H3/b13-10+. The van der Waals surface area contributed by atoms with E-state index in [1.807, 2.05) is 20.8 Å². The van der Waals surface area contributed by atoms with E-state index in [0.717, 1.165) is 18.4 Å². The molecular weight excluding hydrogens is 295 g/mol. The van der Waals surface area contributed by atoms with Gasteiger partial charge in [0.2, 0.25) is 11.6 Å². The third kappa shape index (κ3) is 5.02. The summed E-state index contributed by atoms with van der Waals surface area (Å²) in [6.07, 6.45) is 6.36. The maximum absolute atomic E-state index is 14.1. The van der Waals surface area contributed by atoms with Crippen molar-refractivity contribution in [2.75, 3.05) is 0 Å². The molecule has 1 N–H and O–H groups in total. The van der Waals surface area contributed by atoms with Crippen LogP contribution in [0.1, 0.15) is 59.8 Å².